The molecule has 29 heavy (non-hydrogen) atoms. The highest BCUT2D eigenvalue weighted by Crippen LogP contribution is 2.33. The van der Waals surface area contributed by atoms with Crippen LogP contribution in [0.5, 0.6) is 11.5 Å². The van der Waals surface area contributed by atoms with E-state index in [1.54, 1.807) is 25.1 Å². The zero-order valence-electron chi connectivity index (χ0n) is 17.1. The van der Waals surface area contributed by atoms with Crippen molar-refractivity contribution < 1.29 is 28.6 Å². The number of rotatable bonds is 7. The van der Waals surface area contributed by atoms with Crippen LogP contribution in [0.25, 0.3) is 0 Å². The molecule has 1 saturated heterocycles. The fourth-order valence-corrected chi connectivity index (χ4v) is 3.39. The average Bonchev–Trinajstić information content (AvgIpc) is 3.58. The highest BCUT2D eigenvalue weighted by atomic mass is 16.5. The van der Waals surface area contributed by atoms with Gasteiger partial charge in [-0.15, -0.1) is 0 Å². The highest BCUT2D eigenvalue weighted by molar-refractivity contribution is 5.99. The van der Waals surface area contributed by atoms with Crippen molar-refractivity contribution in [3.05, 3.63) is 23.8 Å². The number of piperidine rings is 1. The van der Waals surface area contributed by atoms with Crippen LogP contribution in [0.15, 0.2) is 18.2 Å². The van der Waals surface area contributed by atoms with E-state index in [2.05, 4.69) is 10.1 Å². The van der Waals surface area contributed by atoms with Crippen molar-refractivity contribution in [2.45, 2.75) is 44.8 Å². The largest absolute Gasteiger partial charge is 0.497 e. The van der Waals surface area contributed by atoms with Crippen LogP contribution in [0.3, 0.4) is 0 Å². The third-order valence-electron chi connectivity index (χ3n) is 5.31. The van der Waals surface area contributed by atoms with Crippen molar-refractivity contribution in [3.63, 3.8) is 0 Å². The number of methoxy groups -OCH3 is 2. The molecule has 2 amide bonds. The van der Waals surface area contributed by atoms with Gasteiger partial charge in [-0.3, -0.25) is 9.59 Å². The maximum Gasteiger partial charge on any atom is 0.328 e. The number of nitrogens with zero attached hydrogens (tertiary/aromatic N) is 1. The van der Waals surface area contributed by atoms with Gasteiger partial charge in [-0.25, -0.2) is 4.79 Å². The number of hydrogen-bond donors (Lipinski definition) is 1. The van der Waals surface area contributed by atoms with Gasteiger partial charge in [-0.05, 0) is 38.0 Å². The molecule has 0 unspecified atom stereocenters. The van der Waals surface area contributed by atoms with E-state index >= 15 is 0 Å². The number of nitrogens with one attached hydrogen (secondary N) is 1. The molecule has 8 nitrogen and oxygen atoms in total. The number of carbonyl (C=O) groups excluding carboxylic acids is 3. The summed E-state index contributed by atoms with van der Waals surface area (Å²) in [6.07, 6.45) is 3.35. The van der Waals surface area contributed by atoms with Crippen LogP contribution < -0.4 is 14.8 Å². The number of hydrogen-bond acceptors (Lipinski definition) is 6. The standard InChI is InChI=1S/C21H28N2O6/c1-13(21(26)28-3)22-19(24)17-12-16(27-2)6-7-18(17)29-15-8-10-23(11-9-15)20(25)14-4-5-14/h6-7,12-15H,4-5,8-11H2,1-3H3,(H,22,24)/t13-/m1/s1. The monoisotopic (exact) mass is 404 g/mol. The van der Waals surface area contributed by atoms with E-state index in [1.165, 1.54) is 14.2 Å². The van der Waals surface area contributed by atoms with E-state index in [0.29, 0.717) is 37.4 Å². The molecule has 3 rings (SSSR count). The minimum absolute atomic E-state index is 0.0868. The average molecular weight is 404 g/mol. The topological polar surface area (TPSA) is 94.2 Å². The Hall–Kier alpha value is -2.77. The van der Waals surface area contributed by atoms with Crippen molar-refractivity contribution in [2.75, 3.05) is 27.3 Å². The fraction of sp³-hybridized carbons (Fsp3) is 0.571. The Bertz CT molecular complexity index is 768. The van der Waals surface area contributed by atoms with Gasteiger partial charge in [0.15, 0.2) is 0 Å². The first-order valence-corrected chi connectivity index (χ1v) is 9.95. The van der Waals surface area contributed by atoms with E-state index in [9.17, 15) is 14.4 Å². The number of benzene rings is 1. The molecule has 0 radical (unpaired) electrons. The summed E-state index contributed by atoms with van der Waals surface area (Å²) < 4.78 is 16.0. The van der Waals surface area contributed by atoms with Gasteiger partial charge in [0.25, 0.3) is 5.91 Å². The van der Waals surface area contributed by atoms with E-state index in [1.807, 2.05) is 4.90 Å². The van der Waals surface area contributed by atoms with Crippen LogP contribution in [-0.4, -0.2) is 62.1 Å². The molecule has 1 N–H and O–H groups in total. The van der Waals surface area contributed by atoms with Crippen LogP contribution in [-0.2, 0) is 14.3 Å². The molecular formula is C21H28N2O6. The van der Waals surface area contributed by atoms with Gasteiger partial charge in [-0.2, -0.15) is 0 Å². The van der Waals surface area contributed by atoms with Crippen LogP contribution in [0, 0.1) is 5.92 Å². The molecule has 1 atom stereocenters. The van der Waals surface area contributed by atoms with Crippen LogP contribution in [0.1, 0.15) is 43.0 Å². The second-order valence-corrected chi connectivity index (χ2v) is 7.50. The first-order chi connectivity index (χ1) is 13.9. The van der Waals surface area contributed by atoms with Gasteiger partial charge in [0.2, 0.25) is 5.91 Å². The SMILES string of the molecule is COC(=O)[C@@H](C)NC(=O)c1cc(OC)ccc1OC1CCN(C(=O)C2CC2)CC1. The molecule has 1 aromatic carbocycles. The summed E-state index contributed by atoms with van der Waals surface area (Å²) >= 11 is 0. The Morgan fingerprint density at radius 3 is 2.38 bits per heavy atom. The molecule has 1 aliphatic heterocycles. The Kier molecular flexibility index (Phi) is 6.61. The summed E-state index contributed by atoms with van der Waals surface area (Å²) in [5, 5.41) is 2.62. The Labute approximate surface area is 170 Å². The lowest BCUT2D eigenvalue weighted by atomic mass is 10.1. The van der Waals surface area contributed by atoms with Gasteiger partial charge in [0.05, 0.1) is 19.8 Å². The minimum Gasteiger partial charge on any atom is -0.497 e. The summed E-state index contributed by atoms with van der Waals surface area (Å²) in [5.41, 5.74) is 0.289. The molecule has 0 spiro atoms. The van der Waals surface area contributed by atoms with Crippen molar-refractivity contribution >= 4 is 17.8 Å². The maximum absolute atomic E-state index is 12.7. The molecule has 0 bridgehead atoms. The smallest absolute Gasteiger partial charge is 0.328 e. The molecule has 1 aliphatic carbocycles. The van der Waals surface area contributed by atoms with Crippen LogP contribution in [0.2, 0.25) is 0 Å². The van der Waals surface area contributed by atoms with E-state index < -0.39 is 17.9 Å². The molecule has 2 aliphatic rings. The van der Waals surface area contributed by atoms with Crippen LogP contribution >= 0.6 is 0 Å². The quantitative estimate of drug-likeness (QED) is 0.696. The Morgan fingerprint density at radius 1 is 1.10 bits per heavy atom. The summed E-state index contributed by atoms with van der Waals surface area (Å²) in [6.45, 7) is 2.88. The molecule has 1 heterocycles. The van der Waals surface area contributed by atoms with Gasteiger partial charge in [0.1, 0.15) is 23.6 Å². The third-order valence-corrected chi connectivity index (χ3v) is 5.31. The molecule has 2 fully saturated rings. The first kappa shape index (κ1) is 21.0. The van der Waals surface area contributed by atoms with Crippen LogP contribution in [0.4, 0.5) is 0 Å². The molecule has 1 aromatic rings. The first-order valence-electron chi connectivity index (χ1n) is 9.95. The van der Waals surface area contributed by atoms with Gasteiger partial charge in [-0.1, -0.05) is 0 Å². The predicted octanol–water partition coefficient (Wildman–Crippen LogP) is 1.77. The summed E-state index contributed by atoms with van der Waals surface area (Å²) in [7, 11) is 2.78. The zero-order valence-corrected chi connectivity index (χ0v) is 17.1. The molecule has 0 aromatic heterocycles. The van der Waals surface area contributed by atoms with E-state index in [0.717, 1.165) is 12.8 Å². The minimum atomic E-state index is -0.789. The van der Waals surface area contributed by atoms with E-state index in [4.69, 9.17) is 9.47 Å². The van der Waals surface area contributed by atoms with Gasteiger partial charge >= 0.3 is 5.97 Å². The second-order valence-electron chi connectivity index (χ2n) is 7.50. The fourth-order valence-electron chi connectivity index (χ4n) is 3.39. The number of carbonyl (C=O) groups is 3. The van der Waals surface area contributed by atoms with E-state index in [-0.39, 0.29) is 23.5 Å². The lowest BCUT2D eigenvalue weighted by molar-refractivity contribution is -0.142. The molecule has 1 saturated carbocycles. The third kappa shape index (κ3) is 5.19. The summed E-state index contributed by atoms with van der Waals surface area (Å²) in [5.74, 6) is 0.436. The molecule has 8 heteroatoms. The zero-order chi connectivity index (χ0) is 21.0. The number of ether oxygens (including phenoxy) is 3. The predicted molar refractivity (Wildman–Crippen MR) is 105 cm³/mol. The Balaban J connectivity index is 1.66. The lowest BCUT2D eigenvalue weighted by Gasteiger charge is -2.32. The van der Waals surface area contributed by atoms with Crippen molar-refractivity contribution in [2.24, 2.45) is 5.92 Å². The maximum atomic E-state index is 12.7. The normalized spacial score (nSPS) is 18.0. The lowest BCUT2D eigenvalue weighted by Crippen LogP contribution is -2.42. The van der Waals surface area contributed by atoms with Gasteiger partial charge < -0.3 is 24.4 Å². The highest BCUT2D eigenvalue weighted by Gasteiger charge is 2.35. The molecule has 158 valence electrons. The molecular weight excluding hydrogens is 376 g/mol. The summed E-state index contributed by atoms with van der Waals surface area (Å²) in [4.78, 5) is 38.5. The number of esters is 1. The summed E-state index contributed by atoms with van der Waals surface area (Å²) in [6, 6.07) is 4.21. The van der Waals surface area contributed by atoms with Crippen molar-refractivity contribution in [3.8, 4) is 11.5 Å². The van der Waals surface area contributed by atoms with Crippen molar-refractivity contribution in [1.29, 1.82) is 0 Å². The Morgan fingerprint density at radius 2 is 1.79 bits per heavy atom. The van der Waals surface area contributed by atoms with Crippen molar-refractivity contribution in [1.82, 2.24) is 10.2 Å². The number of likely N-dealkylation sites (tertiary alicyclic amines) is 1. The van der Waals surface area contributed by atoms with Gasteiger partial charge in [0, 0.05) is 31.8 Å². The number of amides is 2. The second kappa shape index (κ2) is 9.15.